The highest BCUT2D eigenvalue weighted by Crippen LogP contribution is 2.25. The molecule has 0 bridgehead atoms. The van der Waals surface area contributed by atoms with Crippen LogP contribution in [0.4, 0.5) is 11.6 Å². The molecule has 0 fully saturated rings. The van der Waals surface area contributed by atoms with E-state index < -0.39 is 5.91 Å². The number of carbonyl (C=O) groups excluding carboxylic acids is 2. The van der Waals surface area contributed by atoms with Crippen molar-refractivity contribution in [3.05, 3.63) is 65.9 Å². The Morgan fingerprint density at radius 2 is 1.92 bits per heavy atom. The van der Waals surface area contributed by atoms with Gasteiger partial charge in [-0.05, 0) is 25.0 Å². The van der Waals surface area contributed by atoms with E-state index in [0.717, 1.165) is 34.3 Å². The van der Waals surface area contributed by atoms with Crippen LogP contribution in [0.3, 0.4) is 0 Å². The first-order valence-corrected chi connectivity index (χ1v) is 12.4. The minimum absolute atomic E-state index is 0.0258. The molecule has 3 N–H and O–H groups in total. The van der Waals surface area contributed by atoms with Gasteiger partial charge < -0.3 is 20.9 Å². The standard InChI is InChI=1S/C26H32N10O2/c1-4-11-35(21(37)17-36-12-10-31-33-36)14-13-34(3)25-20(15-19-7-5-6-18(2)22(19)32-25)16-30-26(38)23-24(27)29-9-8-28-23/h5-10,12,15H,4,11,13-14,16-17H2,1-3H3,(H2,27,29)(H,30,38). The predicted molar refractivity (Wildman–Crippen MR) is 144 cm³/mol. The Hall–Kier alpha value is -4.61. The van der Waals surface area contributed by atoms with Crippen LogP contribution in [0, 0.1) is 6.92 Å². The summed E-state index contributed by atoms with van der Waals surface area (Å²) in [6.07, 6.45) is 6.93. The summed E-state index contributed by atoms with van der Waals surface area (Å²) in [5.74, 6) is 0.351. The second kappa shape index (κ2) is 12.1. The number of rotatable bonds is 11. The van der Waals surface area contributed by atoms with Gasteiger partial charge in [0.25, 0.3) is 5.91 Å². The maximum absolute atomic E-state index is 12.9. The molecule has 3 aromatic heterocycles. The van der Waals surface area contributed by atoms with Crippen molar-refractivity contribution in [2.75, 3.05) is 37.3 Å². The molecule has 0 saturated carbocycles. The number of carbonyl (C=O) groups is 2. The maximum Gasteiger partial charge on any atom is 0.273 e. The van der Waals surface area contributed by atoms with E-state index >= 15 is 0 Å². The third-order valence-corrected chi connectivity index (χ3v) is 6.17. The van der Waals surface area contributed by atoms with Crippen LogP contribution in [0.1, 0.15) is 35.0 Å². The van der Waals surface area contributed by atoms with E-state index in [0.29, 0.717) is 19.6 Å². The number of amides is 2. The largest absolute Gasteiger partial charge is 0.382 e. The number of hydrogen-bond acceptors (Lipinski definition) is 9. The van der Waals surface area contributed by atoms with Crippen LogP contribution in [-0.2, 0) is 17.9 Å². The van der Waals surface area contributed by atoms with Gasteiger partial charge in [-0.3, -0.25) is 9.59 Å². The summed E-state index contributed by atoms with van der Waals surface area (Å²) in [6, 6.07) is 8.02. The van der Waals surface area contributed by atoms with Crippen LogP contribution in [0.5, 0.6) is 0 Å². The molecule has 0 unspecified atom stereocenters. The highest BCUT2D eigenvalue weighted by Gasteiger charge is 2.19. The molecule has 0 aliphatic heterocycles. The molecule has 0 radical (unpaired) electrons. The molecule has 198 valence electrons. The Morgan fingerprint density at radius 3 is 2.66 bits per heavy atom. The van der Waals surface area contributed by atoms with Crippen LogP contribution in [0.15, 0.2) is 49.1 Å². The molecule has 0 atom stereocenters. The van der Waals surface area contributed by atoms with Crippen molar-refractivity contribution in [2.45, 2.75) is 33.4 Å². The van der Waals surface area contributed by atoms with Gasteiger partial charge in [0.1, 0.15) is 12.4 Å². The van der Waals surface area contributed by atoms with Gasteiger partial charge in [0.15, 0.2) is 11.5 Å². The third-order valence-electron chi connectivity index (χ3n) is 6.17. The highest BCUT2D eigenvalue weighted by atomic mass is 16.2. The monoisotopic (exact) mass is 516 g/mol. The zero-order valence-electron chi connectivity index (χ0n) is 21.8. The molecular formula is C26H32N10O2. The number of aryl methyl sites for hydroxylation is 1. The summed E-state index contributed by atoms with van der Waals surface area (Å²) in [7, 11) is 1.93. The van der Waals surface area contributed by atoms with Crippen molar-refractivity contribution in [1.82, 2.24) is 40.2 Å². The Labute approximate surface area is 220 Å². The normalized spacial score (nSPS) is 10.9. The highest BCUT2D eigenvalue weighted by molar-refractivity contribution is 5.96. The van der Waals surface area contributed by atoms with Gasteiger partial charge in [-0.1, -0.05) is 30.3 Å². The second-order valence-electron chi connectivity index (χ2n) is 8.99. The quantitative estimate of drug-likeness (QED) is 0.304. The van der Waals surface area contributed by atoms with E-state index in [1.807, 2.05) is 55.0 Å². The molecule has 0 spiro atoms. The van der Waals surface area contributed by atoms with Gasteiger partial charge >= 0.3 is 0 Å². The van der Waals surface area contributed by atoms with Crippen molar-refractivity contribution >= 4 is 34.4 Å². The summed E-state index contributed by atoms with van der Waals surface area (Å²) >= 11 is 0. The number of anilines is 2. The maximum atomic E-state index is 12.9. The molecule has 0 aliphatic rings. The fraction of sp³-hybridized carbons (Fsp3) is 0.346. The number of nitrogen functional groups attached to an aromatic ring is 1. The van der Waals surface area contributed by atoms with Crippen molar-refractivity contribution in [2.24, 2.45) is 0 Å². The van der Waals surface area contributed by atoms with E-state index in [1.165, 1.54) is 17.1 Å². The zero-order chi connectivity index (χ0) is 27.1. The molecule has 12 nitrogen and oxygen atoms in total. The number of fused-ring (bicyclic) bond motifs is 1. The van der Waals surface area contributed by atoms with E-state index in [4.69, 9.17) is 10.7 Å². The number of hydrogen-bond donors (Lipinski definition) is 2. The third kappa shape index (κ3) is 6.20. The van der Waals surface area contributed by atoms with Crippen LogP contribution in [-0.4, -0.2) is 73.3 Å². The fourth-order valence-electron chi connectivity index (χ4n) is 4.19. The van der Waals surface area contributed by atoms with Crippen LogP contribution >= 0.6 is 0 Å². The first-order valence-electron chi connectivity index (χ1n) is 12.4. The number of benzene rings is 1. The SMILES string of the molecule is CCCN(CCN(C)c1nc2c(C)cccc2cc1CNC(=O)c1nccnc1N)C(=O)Cn1ccnn1. The first-order chi connectivity index (χ1) is 18.4. The van der Waals surface area contributed by atoms with Crippen molar-refractivity contribution in [3.8, 4) is 0 Å². The number of pyridine rings is 1. The molecule has 0 aliphatic carbocycles. The predicted octanol–water partition coefficient (Wildman–Crippen LogP) is 1.81. The summed E-state index contributed by atoms with van der Waals surface area (Å²) in [5, 5.41) is 11.5. The number of likely N-dealkylation sites (N-methyl/N-ethyl adjacent to an activating group) is 1. The number of nitrogens with zero attached hydrogens (tertiary/aromatic N) is 8. The van der Waals surface area contributed by atoms with Crippen LogP contribution in [0.2, 0.25) is 0 Å². The van der Waals surface area contributed by atoms with E-state index in [-0.39, 0.29) is 30.5 Å². The summed E-state index contributed by atoms with van der Waals surface area (Å²) < 4.78 is 1.52. The molecule has 0 saturated heterocycles. The lowest BCUT2D eigenvalue weighted by Crippen LogP contribution is -2.40. The van der Waals surface area contributed by atoms with Crippen LogP contribution < -0.4 is 16.0 Å². The van der Waals surface area contributed by atoms with Gasteiger partial charge in [0.2, 0.25) is 5.91 Å². The number of aromatic nitrogens is 6. The molecule has 2 amide bonds. The number of nitrogens with one attached hydrogen (secondary N) is 1. The number of para-hydroxylation sites is 1. The molecule has 1 aromatic carbocycles. The smallest absolute Gasteiger partial charge is 0.273 e. The topological polar surface area (TPSA) is 148 Å². The van der Waals surface area contributed by atoms with E-state index in [9.17, 15) is 9.59 Å². The lowest BCUT2D eigenvalue weighted by Gasteiger charge is -2.27. The Morgan fingerprint density at radius 1 is 1.11 bits per heavy atom. The minimum atomic E-state index is -0.415. The summed E-state index contributed by atoms with van der Waals surface area (Å²) in [5.41, 5.74) is 8.67. The van der Waals surface area contributed by atoms with Crippen molar-refractivity contribution in [3.63, 3.8) is 0 Å². The second-order valence-corrected chi connectivity index (χ2v) is 8.99. The van der Waals surface area contributed by atoms with E-state index in [2.05, 4.69) is 25.6 Å². The van der Waals surface area contributed by atoms with Gasteiger partial charge in [-0.2, -0.15) is 0 Å². The molecule has 3 heterocycles. The van der Waals surface area contributed by atoms with Crippen LogP contribution in [0.25, 0.3) is 10.9 Å². The molecule has 4 rings (SSSR count). The van der Waals surface area contributed by atoms with Gasteiger partial charge in [-0.25, -0.2) is 19.6 Å². The lowest BCUT2D eigenvalue weighted by molar-refractivity contribution is -0.132. The average molecular weight is 517 g/mol. The van der Waals surface area contributed by atoms with E-state index in [1.54, 1.807) is 12.4 Å². The van der Waals surface area contributed by atoms with Gasteiger partial charge in [-0.15, -0.1) is 5.10 Å². The first kappa shape index (κ1) is 26.5. The Balaban J connectivity index is 1.54. The number of nitrogens with two attached hydrogens (primary N) is 1. The summed E-state index contributed by atoms with van der Waals surface area (Å²) in [4.78, 5) is 42.4. The molecule has 38 heavy (non-hydrogen) atoms. The molecular weight excluding hydrogens is 484 g/mol. The zero-order valence-corrected chi connectivity index (χ0v) is 21.8. The fourth-order valence-corrected chi connectivity index (χ4v) is 4.19. The van der Waals surface area contributed by atoms with Crippen molar-refractivity contribution in [1.29, 1.82) is 0 Å². The summed E-state index contributed by atoms with van der Waals surface area (Å²) in [6.45, 7) is 6.10. The minimum Gasteiger partial charge on any atom is -0.382 e. The van der Waals surface area contributed by atoms with Crippen molar-refractivity contribution < 1.29 is 9.59 Å². The molecule has 4 aromatic rings. The Kier molecular flexibility index (Phi) is 8.41. The lowest BCUT2D eigenvalue weighted by atomic mass is 10.1. The van der Waals surface area contributed by atoms with Gasteiger partial charge in [0.05, 0.1) is 11.7 Å². The molecule has 12 heteroatoms. The Bertz CT molecular complexity index is 1410. The van der Waals surface area contributed by atoms with Gasteiger partial charge in [0, 0.05) is 62.8 Å². The average Bonchev–Trinajstić information content (AvgIpc) is 3.42.